The lowest BCUT2D eigenvalue weighted by Crippen LogP contribution is -2.40. The van der Waals surface area contributed by atoms with Crippen LogP contribution >= 0.6 is 0 Å². The summed E-state index contributed by atoms with van der Waals surface area (Å²) in [6.07, 6.45) is 0.490. The Morgan fingerprint density at radius 2 is 2.00 bits per heavy atom. The molecule has 0 aromatic carbocycles. The van der Waals surface area contributed by atoms with E-state index in [1.165, 1.54) is 0 Å². The maximum atomic E-state index is 11.1. The molecule has 1 amide bonds. The largest absolute Gasteiger partial charge is 0.369 e. The van der Waals surface area contributed by atoms with Crippen molar-refractivity contribution in [1.82, 2.24) is 4.90 Å². The van der Waals surface area contributed by atoms with Gasteiger partial charge in [-0.25, -0.2) is 0 Å². The van der Waals surface area contributed by atoms with Gasteiger partial charge in [0.25, 0.3) is 0 Å². The van der Waals surface area contributed by atoms with Crippen LogP contribution in [0.1, 0.15) is 20.3 Å². The van der Waals surface area contributed by atoms with Gasteiger partial charge in [0.2, 0.25) is 5.91 Å². The average molecular weight is 172 g/mol. The number of carbonyl (C=O) groups is 2. The Morgan fingerprint density at radius 1 is 1.50 bits per heavy atom. The fourth-order valence-corrected chi connectivity index (χ4v) is 0.924. The molecule has 1 atom stereocenters. The highest BCUT2D eigenvalue weighted by atomic mass is 16.1. The van der Waals surface area contributed by atoms with Crippen molar-refractivity contribution in [1.29, 1.82) is 0 Å². The normalized spacial score (nSPS) is 13.0. The van der Waals surface area contributed by atoms with Gasteiger partial charge >= 0.3 is 0 Å². The van der Waals surface area contributed by atoms with E-state index >= 15 is 0 Å². The molecule has 12 heavy (non-hydrogen) atoms. The molecule has 0 radical (unpaired) electrons. The summed E-state index contributed by atoms with van der Waals surface area (Å²) in [5.74, 6) is -0.285. The van der Waals surface area contributed by atoms with Crippen LogP contribution in [0.3, 0.4) is 0 Å². The van der Waals surface area contributed by atoms with Crippen LogP contribution in [0, 0.1) is 0 Å². The Morgan fingerprint density at radius 3 is 2.33 bits per heavy atom. The maximum absolute atomic E-state index is 11.1. The van der Waals surface area contributed by atoms with Crippen molar-refractivity contribution in [3.63, 3.8) is 0 Å². The SMILES string of the molecule is CCC(=O)C(C)N(C)CC(N)=O. The Bertz CT molecular complexity index is 180. The number of hydrogen-bond acceptors (Lipinski definition) is 3. The molecule has 2 N–H and O–H groups in total. The molecule has 0 saturated heterocycles. The zero-order valence-corrected chi connectivity index (χ0v) is 7.83. The second-order valence-corrected chi connectivity index (χ2v) is 2.88. The molecule has 0 fully saturated rings. The topological polar surface area (TPSA) is 63.4 Å². The van der Waals surface area contributed by atoms with E-state index in [9.17, 15) is 9.59 Å². The zero-order chi connectivity index (χ0) is 9.72. The minimum Gasteiger partial charge on any atom is -0.369 e. The molecular formula is C8H16N2O2. The number of primary amides is 1. The molecular weight excluding hydrogens is 156 g/mol. The molecule has 4 nitrogen and oxygen atoms in total. The van der Waals surface area contributed by atoms with Crippen LogP contribution in [0.4, 0.5) is 0 Å². The Labute approximate surface area is 72.7 Å². The van der Waals surface area contributed by atoms with Gasteiger partial charge in [0.05, 0.1) is 12.6 Å². The van der Waals surface area contributed by atoms with Gasteiger partial charge in [-0.15, -0.1) is 0 Å². The summed E-state index contributed by atoms with van der Waals surface area (Å²) in [5.41, 5.74) is 4.98. The van der Waals surface area contributed by atoms with Crippen molar-refractivity contribution in [2.75, 3.05) is 13.6 Å². The summed E-state index contributed by atoms with van der Waals surface area (Å²) in [6, 6.07) is -0.220. The van der Waals surface area contributed by atoms with E-state index in [1.54, 1.807) is 25.8 Å². The van der Waals surface area contributed by atoms with Crippen molar-refractivity contribution in [3.05, 3.63) is 0 Å². The summed E-state index contributed by atoms with van der Waals surface area (Å²) in [4.78, 5) is 23.3. The van der Waals surface area contributed by atoms with Crippen LogP contribution in [0.25, 0.3) is 0 Å². The molecule has 0 saturated carbocycles. The monoisotopic (exact) mass is 172 g/mol. The molecule has 0 aromatic rings. The number of likely N-dealkylation sites (N-methyl/N-ethyl adjacent to an activating group) is 1. The molecule has 0 aliphatic rings. The quantitative estimate of drug-likeness (QED) is 0.623. The van der Waals surface area contributed by atoms with Gasteiger partial charge in [-0.1, -0.05) is 6.92 Å². The summed E-state index contributed by atoms with van der Waals surface area (Å²) >= 11 is 0. The van der Waals surface area contributed by atoms with E-state index in [1.807, 2.05) is 0 Å². The van der Waals surface area contributed by atoms with E-state index in [4.69, 9.17) is 5.73 Å². The van der Waals surface area contributed by atoms with E-state index in [2.05, 4.69) is 0 Å². The first-order chi connectivity index (χ1) is 5.49. The van der Waals surface area contributed by atoms with Gasteiger partial charge in [-0.3, -0.25) is 14.5 Å². The van der Waals surface area contributed by atoms with E-state index < -0.39 is 5.91 Å². The molecule has 0 aliphatic heterocycles. The van der Waals surface area contributed by atoms with Crippen molar-refractivity contribution < 1.29 is 9.59 Å². The van der Waals surface area contributed by atoms with Crippen LogP contribution in [0.5, 0.6) is 0 Å². The summed E-state index contributed by atoms with van der Waals surface area (Å²) in [6.45, 7) is 3.71. The minimum absolute atomic E-state index is 0.124. The van der Waals surface area contributed by atoms with Crippen LogP contribution in [0.2, 0.25) is 0 Å². The third-order valence-corrected chi connectivity index (χ3v) is 1.88. The average Bonchev–Trinajstić information content (AvgIpc) is 2.00. The molecule has 1 unspecified atom stereocenters. The van der Waals surface area contributed by atoms with Crippen molar-refractivity contribution in [3.8, 4) is 0 Å². The van der Waals surface area contributed by atoms with Crippen molar-refractivity contribution >= 4 is 11.7 Å². The predicted molar refractivity (Wildman–Crippen MR) is 46.6 cm³/mol. The second-order valence-electron chi connectivity index (χ2n) is 2.88. The molecule has 0 bridgehead atoms. The first kappa shape index (κ1) is 11.1. The van der Waals surface area contributed by atoms with Crippen LogP contribution < -0.4 is 5.73 Å². The number of nitrogens with two attached hydrogens (primary N) is 1. The molecule has 0 spiro atoms. The van der Waals surface area contributed by atoms with Gasteiger partial charge in [0.15, 0.2) is 0 Å². The highest BCUT2D eigenvalue weighted by Gasteiger charge is 2.16. The zero-order valence-electron chi connectivity index (χ0n) is 7.83. The smallest absolute Gasteiger partial charge is 0.231 e. The first-order valence-corrected chi connectivity index (χ1v) is 4.00. The third kappa shape index (κ3) is 3.48. The molecule has 70 valence electrons. The second kappa shape index (κ2) is 4.87. The van der Waals surface area contributed by atoms with Crippen molar-refractivity contribution in [2.24, 2.45) is 5.73 Å². The summed E-state index contributed by atoms with van der Waals surface area (Å²) in [5, 5.41) is 0. The van der Waals surface area contributed by atoms with Crippen LogP contribution in [-0.4, -0.2) is 36.2 Å². The van der Waals surface area contributed by atoms with E-state index in [0.717, 1.165) is 0 Å². The van der Waals surface area contributed by atoms with Crippen molar-refractivity contribution in [2.45, 2.75) is 26.3 Å². The summed E-state index contributed by atoms with van der Waals surface area (Å²) in [7, 11) is 1.71. The predicted octanol–water partition coefficient (Wildman–Crippen LogP) is -0.229. The maximum Gasteiger partial charge on any atom is 0.231 e. The van der Waals surface area contributed by atoms with Crippen LogP contribution in [0.15, 0.2) is 0 Å². The van der Waals surface area contributed by atoms with Gasteiger partial charge in [-0.05, 0) is 14.0 Å². The highest BCUT2D eigenvalue weighted by molar-refractivity contribution is 5.84. The third-order valence-electron chi connectivity index (χ3n) is 1.88. The number of ketones is 1. The van der Waals surface area contributed by atoms with Gasteiger partial charge in [0, 0.05) is 6.42 Å². The fourth-order valence-electron chi connectivity index (χ4n) is 0.924. The Hall–Kier alpha value is -0.900. The lowest BCUT2D eigenvalue weighted by atomic mass is 10.1. The van der Waals surface area contributed by atoms with E-state index in [-0.39, 0.29) is 18.4 Å². The highest BCUT2D eigenvalue weighted by Crippen LogP contribution is 1.98. The van der Waals surface area contributed by atoms with E-state index in [0.29, 0.717) is 6.42 Å². The molecule has 0 rings (SSSR count). The molecule has 0 aromatic heterocycles. The number of hydrogen-bond donors (Lipinski definition) is 1. The van der Waals surface area contributed by atoms with Crippen LogP contribution in [-0.2, 0) is 9.59 Å². The van der Waals surface area contributed by atoms with Gasteiger partial charge in [0.1, 0.15) is 5.78 Å². The number of Topliss-reactive ketones (excluding diaryl/α,β-unsaturated/α-hetero) is 1. The number of nitrogens with zero attached hydrogens (tertiary/aromatic N) is 1. The fraction of sp³-hybridized carbons (Fsp3) is 0.750. The lowest BCUT2D eigenvalue weighted by Gasteiger charge is -2.21. The Balaban J connectivity index is 4.00. The minimum atomic E-state index is -0.409. The molecule has 0 heterocycles. The number of carbonyl (C=O) groups excluding carboxylic acids is 2. The van der Waals surface area contributed by atoms with Gasteiger partial charge in [-0.2, -0.15) is 0 Å². The molecule has 4 heteroatoms. The number of amides is 1. The molecule has 0 aliphatic carbocycles. The van der Waals surface area contributed by atoms with Gasteiger partial charge < -0.3 is 5.73 Å². The summed E-state index contributed by atoms with van der Waals surface area (Å²) < 4.78 is 0. The lowest BCUT2D eigenvalue weighted by molar-refractivity contribution is -0.124. The standard InChI is InChI=1S/C8H16N2O2/c1-4-7(11)6(2)10(3)5-8(9)12/h6H,4-5H2,1-3H3,(H2,9,12). The first-order valence-electron chi connectivity index (χ1n) is 4.00. The number of rotatable bonds is 5. The Kier molecular flexibility index (Phi) is 4.51.